The van der Waals surface area contributed by atoms with Crippen molar-refractivity contribution < 1.29 is 14.6 Å². The fourth-order valence-corrected chi connectivity index (χ4v) is 1.16. The molecular formula is C10H14N2O3. The first-order valence-corrected chi connectivity index (χ1v) is 4.55. The van der Waals surface area contributed by atoms with Crippen molar-refractivity contribution in [3.8, 4) is 0 Å². The third kappa shape index (κ3) is 3.30. The highest BCUT2D eigenvalue weighted by molar-refractivity contribution is 5.75. The van der Waals surface area contributed by atoms with Crippen molar-refractivity contribution >= 4 is 5.97 Å². The van der Waals surface area contributed by atoms with Crippen LogP contribution >= 0.6 is 0 Å². The maximum absolute atomic E-state index is 11.0. The molecule has 0 aliphatic carbocycles. The van der Waals surface area contributed by atoms with Crippen LogP contribution in [-0.2, 0) is 22.6 Å². The van der Waals surface area contributed by atoms with Crippen LogP contribution in [0.4, 0.5) is 0 Å². The van der Waals surface area contributed by atoms with E-state index < -0.39 is 12.0 Å². The molecule has 15 heavy (non-hydrogen) atoms. The van der Waals surface area contributed by atoms with Crippen LogP contribution in [0, 0.1) is 0 Å². The summed E-state index contributed by atoms with van der Waals surface area (Å²) in [5, 5.41) is 8.78. The molecule has 1 aromatic rings. The van der Waals surface area contributed by atoms with Gasteiger partial charge in [-0.2, -0.15) is 0 Å². The van der Waals surface area contributed by atoms with E-state index in [2.05, 4.69) is 9.72 Å². The molecule has 0 bridgehead atoms. The maximum atomic E-state index is 11.0. The molecule has 0 amide bonds. The number of carbonyl (C=O) groups excluding carboxylic acids is 1. The molecule has 3 N–H and O–H groups in total. The predicted octanol–water partition coefficient (Wildman–Crippen LogP) is -0.383. The number of methoxy groups -OCH3 is 1. The van der Waals surface area contributed by atoms with E-state index >= 15 is 0 Å². The van der Waals surface area contributed by atoms with Gasteiger partial charge in [-0.05, 0) is 18.1 Å². The van der Waals surface area contributed by atoms with Gasteiger partial charge in [-0.25, -0.2) is 0 Å². The van der Waals surface area contributed by atoms with Gasteiger partial charge in [-0.15, -0.1) is 0 Å². The van der Waals surface area contributed by atoms with Crippen molar-refractivity contribution in [2.75, 3.05) is 7.11 Å². The Kier molecular flexibility index (Phi) is 4.20. The number of rotatable bonds is 4. The minimum Gasteiger partial charge on any atom is -0.468 e. The molecule has 0 aliphatic rings. The van der Waals surface area contributed by atoms with E-state index in [0.717, 1.165) is 5.56 Å². The molecule has 0 unspecified atom stereocenters. The number of ether oxygens (including phenoxy) is 1. The summed E-state index contributed by atoms with van der Waals surface area (Å²) in [5.41, 5.74) is 7.00. The zero-order valence-corrected chi connectivity index (χ0v) is 8.51. The Labute approximate surface area is 87.9 Å². The molecule has 0 aromatic carbocycles. The summed E-state index contributed by atoms with van der Waals surface area (Å²) in [4.78, 5) is 15.0. The molecule has 1 aromatic heterocycles. The monoisotopic (exact) mass is 210 g/mol. The van der Waals surface area contributed by atoms with Crippen LogP contribution in [0.3, 0.4) is 0 Å². The lowest BCUT2D eigenvalue weighted by atomic mass is 10.1. The van der Waals surface area contributed by atoms with Gasteiger partial charge in [0.1, 0.15) is 6.04 Å². The van der Waals surface area contributed by atoms with Crippen LogP contribution in [-0.4, -0.2) is 29.2 Å². The van der Waals surface area contributed by atoms with Crippen molar-refractivity contribution in [2.45, 2.75) is 19.1 Å². The smallest absolute Gasteiger partial charge is 0.322 e. The lowest BCUT2D eigenvalue weighted by molar-refractivity contribution is -0.142. The number of aliphatic hydroxyl groups is 1. The summed E-state index contributed by atoms with van der Waals surface area (Å²) in [6.45, 7) is -0.0939. The third-order valence-corrected chi connectivity index (χ3v) is 2.01. The molecule has 0 saturated carbocycles. The molecule has 82 valence electrons. The normalized spacial score (nSPS) is 12.2. The minimum absolute atomic E-state index is 0.0939. The Morgan fingerprint density at radius 2 is 2.40 bits per heavy atom. The molecule has 1 rings (SSSR count). The van der Waals surface area contributed by atoms with Crippen LogP contribution in [0.1, 0.15) is 11.3 Å². The van der Waals surface area contributed by atoms with Crippen molar-refractivity contribution in [2.24, 2.45) is 5.73 Å². The summed E-state index contributed by atoms with van der Waals surface area (Å²) < 4.78 is 4.50. The van der Waals surface area contributed by atoms with E-state index in [1.54, 1.807) is 18.3 Å². The average molecular weight is 210 g/mol. The first-order chi connectivity index (χ1) is 7.17. The minimum atomic E-state index is -0.670. The van der Waals surface area contributed by atoms with Gasteiger partial charge < -0.3 is 15.6 Å². The summed E-state index contributed by atoms with van der Waals surface area (Å²) in [6, 6.07) is 2.80. The van der Waals surface area contributed by atoms with E-state index in [0.29, 0.717) is 12.1 Å². The van der Waals surface area contributed by atoms with E-state index in [-0.39, 0.29) is 6.61 Å². The first-order valence-electron chi connectivity index (χ1n) is 4.55. The Bertz CT molecular complexity index is 324. The highest BCUT2D eigenvalue weighted by atomic mass is 16.5. The van der Waals surface area contributed by atoms with Gasteiger partial charge in [0, 0.05) is 6.20 Å². The molecule has 0 fully saturated rings. The highest BCUT2D eigenvalue weighted by Crippen LogP contribution is 2.03. The summed E-state index contributed by atoms with van der Waals surface area (Å²) in [5.74, 6) is -0.443. The number of hydrogen-bond acceptors (Lipinski definition) is 5. The second-order valence-electron chi connectivity index (χ2n) is 3.15. The van der Waals surface area contributed by atoms with Gasteiger partial charge in [-0.1, -0.05) is 6.07 Å². The largest absolute Gasteiger partial charge is 0.468 e. The fraction of sp³-hybridized carbons (Fsp3) is 0.400. The topological polar surface area (TPSA) is 85.4 Å². The highest BCUT2D eigenvalue weighted by Gasteiger charge is 2.14. The van der Waals surface area contributed by atoms with Gasteiger partial charge in [0.25, 0.3) is 0 Å². The molecule has 0 aliphatic heterocycles. The molecule has 0 radical (unpaired) electrons. The molecule has 1 atom stereocenters. The Morgan fingerprint density at radius 3 is 2.87 bits per heavy atom. The van der Waals surface area contributed by atoms with Crippen LogP contribution < -0.4 is 5.73 Å². The van der Waals surface area contributed by atoms with Crippen molar-refractivity contribution in [3.63, 3.8) is 0 Å². The molecule has 5 heteroatoms. The first kappa shape index (κ1) is 11.6. The lowest BCUT2D eigenvalue weighted by Crippen LogP contribution is -2.33. The summed E-state index contributed by atoms with van der Waals surface area (Å²) >= 11 is 0. The Morgan fingerprint density at radius 1 is 1.67 bits per heavy atom. The van der Waals surface area contributed by atoms with Crippen LogP contribution in [0.25, 0.3) is 0 Å². The zero-order valence-electron chi connectivity index (χ0n) is 8.51. The zero-order chi connectivity index (χ0) is 11.3. The van der Waals surface area contributed by atoms with Gasteiger partial charge in [0.15, 0.2) is 0 Å². The average Bonchev–Trinajstić information content (AvgIpc) is 2.29. The summed E-state index contributed by atoms with van der Waals surface area (Å²) in [7, 11) is 1.30. The molecule has 1 heterocycles. The van der Waals surface area contributed by atoms with Crippen molar-refractivity contribution in [3.05, 3.63) is 29.6 Å². The molecular weight excluding hydrogens is 196 g/mol. The van der Waals surface area contributed by atoms with E-state index in [1.165, 1.54) is 7.11 Å². The predicted molar refractivity (Wildman–Crippen MR) is 53.9 cm³/mol. The Hall–Kier alpha value is -1.46. The van der Waals surface area contributed by atoms with E-state index in [9.17, 15) is 4.79 Å². The number of aliphatic hydroxyl groups excluding tert-OH is 1. The summed E-state index contributed by atoms with van der Waals surface area (Å²) in [6.07, 6.45) is 1.97. The van der Waals surface area contributed by atoms with Crippen molar-refractivity contribution in [1.82, 2.24) is 4.98 Å². The number of nitrogens with zero attached hydrogens (tertiary/aromatic N) is 1. The number of carbonyl (C=O) groups is 1. The van der Waals surface area contributed by atoms with Crippen molar-refractivity contribution in [1.29, 1.82) is 0 Å². The Balaban J connectivity index is 2.60. The quantitative estimate of drug-likeness (QED) is 0.661. The number of aromatic nitrogens is 1. The molecule has 0 saturated heterocycles. The number of nitrogens with two attached hydrogens (primary N) is 1. The van der Waals surface area contributed by atoms with Crippen LogP contribution in [0.15, 0.2) is 18.3 Å². The molecule has 0 spiro atoms. The number of hydrogen-bond donors (Lipinski definition) is 2. The van der Waals surface area contributed by atoms with Gasteiger partial charge in [-0.3, -0.25) is 9.78 Å². The van der Waals surface area contributed by atoms with Gasteiger partial charge in [0.2, 0.25) is 0 Å². The van der Waals surface area contributed by atoms with E-state index in [1.807, 2.05) is 0 Å². The van der Waals surface area contributed by atoms with Crippen LogP contribution in [0.5, 0.6) is 0 Å². The SMILES string of the molecule is COC(=O)[C@@H](N)Cc1ccc(CO)nc1. The number of esters is 1. The lowest BCUT2D eigenvalue weighted by Gasteiger charge is -2.08. The van der Waals surface area contributed by atoms with Crippen LogP contribution in [0.2, 0.25) is 0 Å². The van der Waals surface area contributed by atoms with E-state index in [4.69, 9.17) is 10.8 Å². The fourth-order valence-electron chi connectivity index (χ4n) is 1.16. The molecule has 5 nitrogen and oxygen atoms in total. The standard InChI is InChI=1S/C10H14N2O3/c1-15-10(14)9(11)4-7-2-3-8(6-13)12-5-7/h2-3,5,9,13H,4,6,11H2,1H3/t9-/m0/s1. The second kappa shape index (κ2) is 5.43. The van der Waals surface area contributed by atoms with Gasteiger partial charge in [0.05, 0.1) is 19.4 Å². The second-order valence-corrected chi connectivity index (χ2v) is 3.15. The maximum Gasteiger partial charge on any atom is 0.322 e. The van der Waals surface area contributed by atoms with Gasteiger partial charge >= 0.3 is 5.97 Å². The number of pyridine rings is 1. The third-order valence-electron chi connectivity index (χ3n) is 2.01.